The van der Waals surface area contributed by atoms with Gasteiger partial charge in [0.25, 0.3) is 0 Å². The minimum atomic E-state index is -3.43. The number of aryl methyl sites for hydroxylation is 2. The van der Waals surface area contributed by atoms with Gasteiger partial charge >= 0.3 is 0 Å². The quantitative estimate of drug-likeness (QED) is 0.856. The van der Waals surface area contributed by atoms with Crippen LogP contribution in [0.25, 0.3) is 0 Å². The molecule has 2 aromatic rings. The first-order valence-corrected chi connectivity index (χ1v) is 8.40. The van der Waals surface area contributed by atoms with Gasteiger partial charge < -0.3 is 0 Å². The normalized spacial score (nSPS) is 16.9. The second-order valence-electron chi connectivity index (χ2n) is 5.24. The van der Waals surface area contributed by atoms with Gasteiger partial charge in [-0.3, -0.25) is 9.67 Å². The van der Waals surface area contributed by atoms with Crippen LogP contribution < -0.4 is 0 Å². The van der Waals surface area contributed by atoms with Crippen LogP contribution in [-0.4, -0.2) is 40.6 Å². The van der Waals surface area contributed by atoms with Crippen molar-refractivity contribution in [3.63, 3.8) is 0 Å². The van der Waals surface area contributed by atoms with Crippen molar-refractivity contribution < 1.29 is 8.42 Å². The molecule has 1 fully saturated rings. The molecule has 3 rings (SSSR count). The van der Waals surface area contributed by atoms with Crippen LogP contribution >= 0.6 is 0 Å². The highest BCUT2D eigenvalue weighted by Gasteiger charge is 2.38. The Morgan fingerprint density at radius 1 is 1.38 bits per heavy atom. The molecule has 0 amide bonds. The molecular formula is C14H18N4O2S. The largest absolute Gasteiger partial charge is 0.271 e. The molecule has 0 saturated carbocycles. The van der Waals surface area contributed by atoms with Crippen LogP contribution in [-0.2, 0) is 16.6 Å². The molecule has 0 aromatic carbocycles. The number of pyridine rings is 1. The van der Waals surface area contributed by atoms with Gasteiger partial charge in [-0.1, -0.05) is 6.07 Å². The van der Waals surface area contributed by atoms with Crippen molar-refractivity contribution in [2.45, 2.75) is 31.2 Å². The molecule has 112 valence electrons. The Morgan fingerprint density at radius 2 is 2.14 bits per heavy atom. The fourth-order valence-corrected chi connectivity index (χ4v) is 4.22. The Labute approximate surface area is 124 Å². The highest BCUT2D eigenvalue weighted by atomic mass is 32.2. The zero-order valence-corrected chi connectivity index (χ0v) is 12.9. The van der Waals surface area contributed by atoms with Crippen molar-refractivity contribution >= 4 is 10.0 Å². The summed E-state index contributed by atoms with van der Waals surface area (Å²) < 4.78 is 28.4. The third kappa shape index (κ3) is 2.47. The molecule has 0 radical (unpaired) electrons. The third-order valence-corrected chi connectivity index (χ3v) is 5.78. The zero-order chi connectivity index (χ0) is 15.0. The molecule has 0 spiro atoms. The van der Waals surface area contributed by atoms with Crippen molar-refractivity contribution in [1.29, 1.82) is 0 Å². The summed E-state index contributed by atoms with van der Waals surface area (Å²) >= 11 is 0. The number of nitrogens with zero attached hydrogens (tertiary/aromatic N) is 4. The second kappa shape index (κ2) is 5.23. The van der Waals surface area contributed by atoms with Crippen LogP contribution in [0.3, 0.4) is 0 Å². The van der Waals surface area contributed by atoms with Crippen LogP contribution in [0.5, 0.6) is 0 Å². The lowest BCUT2D eigenvalue weighted by Crippen LogP contribution is -2.48. The molecule has 0 atom stereocenters. The van der Waals surface area contributed by atoms with Crippen molar-refractivity contribution in [2.75, 3.05) is 13.1 Å². The Morgan fingerprint density at radius 3 is 2.71 bits per heavy atom. The Kier molecular flexibility index (Phi) is 3.54. The molecule has 7 heteroatoms. The van der Waals surface area contributed by atoms with Crippen molar-refractivity contribution in [1.82, 2.24) is 19.1 Å². The lowest BCUT2D eigenvalue weighted by atomic mass is 9.95. The van der Waals surface area contributed by atoms with E-state index < -0.39 is 10.0 Å². The average molecular weight is 306 g/mol. The molecule has 0 N–H and O–H groups in total. The van der Waals surface area contributed by atoms with E-state index in [2.05, 4.69) is 10.1 Å². The summed E-state index contributed by atoms with van der Waals surface area (Å²) in [4.78, 5) is 4.39. The molecule has 1 saturated heterocycles. The summed E-state index contributed by atoms with van der Waals surface area (Å²) in [5, 5.41) is 4.21. The number of rotatable bonds is 4. The number of aromatic nitrogens is 3. The summed E-state index contributed by atoms with van der Waals surface area (Å²) in [6.07, 6.45) is 5.14. The second-order valence-corrected chi connectivity index (χ2v) is 7.15. The topological polar surface area (TPSA) is 68.1 Å². The monoisotopic (exact) mass is 306 g/mol. The molecule has 6 nitrogen and oxygen atoms in total. The van der Waals surface area contributed by atoms with Crippen LogP contribution in [0.2, 0.25) is 0 Å². The highest BCUT2D eigenvalue weighted by molar-refractivity contribution is 7.89. The van der Waals surface area contributed by atoms with Gasteiger partial charge in [0.2, 0.25) is 10.0 Å². The molecule has 1 aliphatic rings. The maximum Gasteiger partial charge on any atom is 0.246 e. The molecule has 21 heavy (non-hydrogen) atoms. The lowest BCUT2D eigenvalue weighted by Gasteiger charge is -2.37. The van der Waals surface area contributed by atoms with E-state index in [1.165, 1.54) is 4.31 Å². The molecule has 2 aromatic heterocycles. The fourth-order valence-electron chi connectivity index (χ4n) is 2.52. The SMILES string of the molecule is CCn1cc(S(=O)(=O)N2CC(c3cccnc3)C2)c(C)n1. The molecule has 0 unspecified atom stereocenters. The summed E-state index contributed by atoms with van der Waals surface area (Å²) in [5.41, 5.74) is 1.65. The smallest absolute Gasteiger partial charge is 0.246 e. The molecule has 1 aliphatic heterocycles. The summed E-state index contributed by atoms with van der Waals surface area (Å²) in [5.74, 6) is 0.231. The highest BCUT2D eigenvalue weighted by Crippen LogP contribution is 2.32. The van der Waals surface area contributed by atoms with Crippen molar-refractivity contribution in [3.8, 4) is 0 Å². The van der Waals surface area contributed by atoms with E-state index in [0.29, 0.717) is 30.2 Å². The molecule has 3 heterocycles. The zero-order valence-electron chi connectivity index (χ0n) is 12.1. The van der Waals surface area contributed by atoms with E-state index >= 15 is 0 Å². The van der Waals surface area contributed by atoms with E-state index in [-0.39, 0.29) is 5.92 Å². The van der Waals surface area contributed by atoms with Crippen LogP contribution in [0, 0.1) is 6.92 Å². The molecule has 0 aliphatic carbocycles. The molecular weight excluding hydrogens is 288 g/mol. The Balaban J connectivity index is 1.77. The van der Waals surface area contributed by atoms with Crippen LogP contribution in [0.4, 0.5) is 0 Å². The predicted molar refractivity (Wildman–Crippen MR) is 78.4 cm³/mol. The van der Waals surface area contributed by atoms with E-state index in [0.717, 1.165) is 5.56 Å². The van der Waals surface area contributed by atoms with Crippen LogP contribution in [0.1, 0.15) is 24.1 Å². The van der Waals surface area contributed by atoms with E-state index in [9.17, 15) is 8.42 Å². The number of hydrogen-bond acceptors (Lipinski definition) is 4. The Bertz CT molecular complexity index is 734. The van der Waals surface area contributed by atoms with Gasteiger partial charge in [-0.25, -0.2) is 8.42 Å². The minimum Gasteiger partial charge on any atom is -0.271 e. The van der Waals surface area contributed by atoms with E-state index in [4.69, 9.17) is 0 Å². The summed E-state index contributed by atoms with van der Waals surface area (Å²) in [6.45, 7) is 5.34. The van der Waals surface area contributed by atoms with Gasteiger partial charge in [0, 0.05) is 44.1 Å². The van der Waals surface area contributed by atoms with Gasteiger partial charge in [0.05, 0.1) is 5.69 Å². The van der Waals surface area contributed by atoms with Gasteiger partial charge in [-0.15, -0.1) is 0 Å². The van der Waals surface area contributed by atoms with E-state index in [1.807, 2.05) is 19.1 Å². The van der Waals surface area contributed by atoms with Gasteiger partial charge in [0.15, 0.2) is 0 Å². The van der Waals surface area contributed by atoms with Crippen LogP contribution in [0.15, 0.2) is 35.6 Å². The first kappa shape index (κ1) is 14.2. The first-order chi connectivity index (χ1) is 10.0. The standard InChI is InChI=1S/C14H18N4O2S/c1-3-17-10-14(11(2)16-17)21(19,20)18-8-13(9-18)12-5-4-6-15-7-12/h4-7,10,13H,3,8-9H2,1-2H3. The minimum absolute atomic E-state index is 0.231. The maximum atomic E-state index is 12.6. The lowest BCUT2D eigenvalue weighted by molar-refractivity contribution is 0.263. The summed E-state index contributed by atoms with van der Waals surface area (Å²) in [7, 11) is -3.43. The predicted octanol–water partition coefficient (Wildman–Crippen LogP) is 1.39. The Hall–Kier alpha value is -1.73. The average Bonchev–Trinajstić information content (AvgIpc) is 2.80. The number of hydrogen-bond donors (Lipinski definition) is 0. The van der Waals surface area contributed by atoms with E-state index in [1.54, 1.807) is 30.2 Å². The van der Waals surface area contributed by atoms with Crippen molar-refractivity contribution in [2.24, 2.45) is 0 Å². The third-order valence-electron chi connectivity index (χ3n) is 3.85. The van der Waals surface area contributed by atoms with Gasteiger partial charge in [-0.2, -0.15) is 9.40 Å². The fraction of sp³-hybridized carbons (Fsp3) is 0.429. The van der Waals surface area contributed by atoms with Crippen molar-refractivity contribution in [3.05, 3.63) is 42.0 Å². The molecule has 0 bridgehead atoms. The maximum absolute atomic E-state index is 12.6. The van der Waals surface area contributed by atoms with Gasteiger partial charge in [-0.05, 0) is 25.5 Å². The summed E-state index contributed by atoms with van der Waals surface area (Å²) in [6, 6.07) is 3.86. The number of sulfonamides is 1. The first-order valence-electron chi connectivity index (χ1n) is 6.96. The van der Waals surface area contributed by atoms with Gasteiger partial charge in [0.1, 0.15) is 4.90 Å².